The summed E-state index contributed by atoms with van der Waals surface area (Å²) < 4.78 is 5.78. The standard InChI is InChI=1S/C16H16ClNO/c17-12-13-6-8-14(9-7-13)18-10-3-11-19-16-5-2-1-4-15(16)18/h1-2,4-9H,3,10-12H2. The Morgan fingerprint density at radius 2 is 1.84 bits per heavy atom. The molecule has 0 unspecified atom stereocenters. The van der Waals surface area contributed by atoms with Gasteiger partial charge in [-0.25, -0.2) is 0 Å². The molecule has 3 heteroatoms. The lowest BCUT2D eigenvalue weighted by atomic mass is 10.2. The molecular formula is C16H16ClNO. The monoisotopic (exact) mass is 273 g/mol. The van der Waals surface area contributed by atoms with Gasteiger partial charge in [-0.1, -0.05) is 24.3 Å². The number of ether oxygens (including phenoxy) is 1. The van der Waals surface area contributed by atoms with Crippen LogP contribution in [0.5, 0.6) is 5.75 Å². The molecule has 0 atom stereocenters. The third kappa shape index (κ3) is 2.54. The molecule has 2 aromatic rings. The highest BCUT2D eigenvalue weighted by Crippen LogP contribution is 2.35. The summed E-state index contributed by atoms with van der Waals surface area (Å²) in [6.45, 7) is 1.74. The molecule has 2 aromatic carbocycles. The molecule has 0 fully saturated rings. The van der Waals surface area contributed by atoms with Crippen molar-refractivity contribution in [3.63, 3.8) is 0 Å². The van der Waals surface area contributed by atoms with Gasteiger partial charge >= 0.3 is 0 Å². The first kappa shape index (κ1) is 12.4. The molecule has 0 aliphatic carbocycles. The number of anilines is 2. The van der Waals surface area contributed by atoms with Crippen LogP contribution in [0.1, 0.15) is 12.0 Å². The Labute approximate surface area is 118 Å². The first-order chi connectivity index (χ1) is 9.38. The number of benzene rings is 2. The van der Waals surface area contributed by atoms with E-state index in [0.717, 1.165) is 36.6 Å². The summed E-state index contributed by atoms with van der Waals surface area (Å²) >= 11 is 5.84. The molecule has 98 valence electrons. The summed E-state index contributed by atoms with van der Waals surface area (Å²) in [6.07, 6.45) is 1.02. The average Bonchev–Trinajstić information content (AvgIpc) is 2.70. The SMILES string of the molecule is ClCc1ccc(N2CCCOc3ccccc32)cc1. The number of rotatable bonds is 2. The van der Waals surface area contributed by atoms with Crippen molar-refractivity contribution in [3.05, 3.63) is 54.1 Å². The molecule has 1 aliphatic rings. The zero-order valence-corrected chi connectivity index (χ0v) is 11.4. The van der Waals surface area contributed by atoms with Crippen LogP contribution in [-0.4, -0.2) is 13.2 Å². The van der Waals surface area contributed by atoms with Crippen LogP contribution in [0.2, 0.25) is 0 Å². The summed E-state index contributed by atoms with van der Waals surface area (Å²) in [6, 6.07) is 16.6. The number of nitrogens with zero attached hydrogens (tertiary/aromatic N) is 1. The van der Waals surface area contributed by atoms with Crippen LogP contribution in [0.15, 0.2) is 48.5 Å². The molecule has 1 heterocycles. The van der Waals surface area contributed by atoms with Gasteiger partial charge in [-0.2, -0.15) is 0 Å². The van der Waals surface area contributed by atoms with E-state index in [-0.39, 0.29) is 0 Å². The van der Waals surface area contributed by atoms with Gasteiger partial charge < -0.3 is 9.64 Å². The highest BCUT2D eigenvalue weighted by molar-refractivity contribution is 6.17. The van der Waals surface area contributed by atoms with E-state index < -0.39 is 0 Å². The van der Waals surface area contributed by atoms with E-state index in [0.29, 0.717) is 5.88 Å². The molecule has 19 heavy (non-hydrogen) atoms. The fourth-order valence-corrected chi connectivity index (χ4v) is 2.54. The largest absolute Gasteiger partial charge is 0.491 e. The number of halogens is 1. The fourth-order valence-electron chi connectivity index (χ4n) is 2.36. The van der Waals surface area contributed by atoms with Gasteiger partial charge in [0.15, 0.2) is 0 Å². The highest BCUT2D eigenvalue weighted by atomic mass is 35.5. The van der Waals surface area contributed by atoms with Gasteiger partial charge in [0.25, 0.3) is 0 Å². The summed E-state index contributed by atoms with van der Waals surface area (Å²) in [7, 11) is 0. The molecule has 3 rings (SSSR count). The van der Waals surface area contributed by atoms with E-state index in [1.807, 2.05) is 18.2 Å². The third-order valence-electron chi connectivity index (χ3n) is 3.34. The number of hydrogen-bond acceptors (Lipinski definition) is 2. The van der Waals surface area contributed by atoms with E-state index in [9.17, 15) is 0 Å². The molecule has 1 aliphatic heterocycles. The lowest BCUT2D eigenvalue weighted by Gasteiger charge is -2.24. The van der Waals surface area contributed by atoms with Crippen molar-refractivity contribution in [3.8, 4) is 5.75 Å². The second-order valence-electron chi connectivity index (χ2n) is 4.62. The van der Waals surface area contributed by atoms with Crippen molar-refractivity contribution in [2.45, 2.75) is 12.3 Å². The normalized spacial score (nSPS) is 14.5. The smallest absolute Gasteiger partial charge is 0.142 e. The van der Waals surface area contributed by atoms with E-state index in [4.69, 9.17) is 16.3 Å². The molecule has 0 radical (unpaired) electrons. The quantitative estimate of drug-likeness (QED) is 0.755. The average molecular weight is 274 g/mol. The van der Waals surface area contributed by atoms with Gasteiger partial charge in [0.1, 0.15) is 5.75 Å². The van der Waals surface area contributed by atoms with Gasteiger partial charge in [0, 0.05) is 18.1 Å². The predicted octanol–water partition coefficient (Wildman–Crippen LogP) is 4.35. The second-order valence-corrected chi connectivity index (χ2v) is 4.89. The fraction of sp³-hybridized carbons (Fsp3) is 0.250. The van der Waals surface area contributed by atoms with Crippen molar-refractivity contribution >= 4 is 23.0 Å². The van der Waals surface area contributed by atoms with Crippen LogP contribution in [0.25, 0.3) is 0 Å². The Hall–Kier alpha value is -1.67. The minimum Gasteiger partial charge on any atom is -0.491 e. The van der Waals surface area contributed by atoms with Gasteiger partial charge in [-0.15, -0.1) is 11.6 Å². The maximum atomic E-state index is 5.84. The first-order valence-corrected chi connectivity index (χ1v) is 7.06. The molecule has 0 aromatic heterocycles. The van der Waals surface area contributed by atoms with E-state index in [1.54, 1.807) is 0 Å². The van der Waals surface area contributed by atoms with Crippen LogP contribution in [-0.2, 0) is 5.88 Å². The molecule has 2 nitrogen and oxygen atoms in total. The maximum Gasteiger partial charge on any atom is 0.142 e. The molecule has 0 spiro atoms. The Bertz CT molecular complexity index is 553. The molecule has 0 saturated heterocycles. The zero-order chi connectivity index (χ0) is 13.1. The highest BCUT2D eigenvalue weighted by Gasteiger charge is 2.17. The second kappa shape index (κ2) is 5.54. The lowest BCUT2D eigenvalue weighted by molar-refractivity contribution is 0.322. The zero-order valence-electron chi connectivity index (χ0n) is 10.7. The van der Waals surface area contributed by atoms with Crippen LogP contribution < -0.4 is 9.64 Å². The third-order valence-corrected chi connectivity index (χ3v) is 3.65. The Morgan fingerprint density at radius 3 is 2.63 bits per heavy atom. The van der Waals surface area contributed by atoms with Crippen molar-refractivity contribution in [2.75, 3.05) is 18.1 Å². The lowest BCUT2D eigenvalue weighted by Crippen LogP contribution is -2.17. The van der Waals surface area contributed by atoms with Crippen LogP contribution >= 0.6 is 11.6 Å². The summed E-state index contributed by atoms with van der Waals surface area (Å²) in [5, 5.41) is 0. The predicted molar refractivity (Wildman–Crippen MR) is 79.6 cm³/mol. The van der Waals surface area contributed by atoms with Gasteiger partial charge in [-0.05, 0) is 36.2 Å². The maximum absolute atomic E-state index is 5.84. The van der Waals surface area contributed by atoms with Gasteiger partial charge in [-0.3, -0.25) is 0 Å². The Morgan fingerprint density at radius 1 is 1.05 bits per heavy atom. The summed E-state index contributed by atoms with van der Waals surface area (Å²) in [4.78, 5) is 2.31. The van der Waals surface area contributed by atoms with Crippen molar-refractivity contribution in [2.24, 2.45) is 0 Å². The minimum atomic E-state index is 0.556. The molecule has 0 saturated carbocycles. The minimum absolute atomic E-state index is 0.556. The molecule has 0 amide bonds. The first-order valence-electron chi connectivity index (χ1n) is 6.53. The Balaban J connectivity index is 1.99. The Kier molecular flexibility index (Phi) is 3.60. The summed E-state index contributed by atoms with van der Waals surface area (Å²) in [5.41, 5.74) is 3.47. The van der Waals surface area contributed by atoms with Crippen LogP contribution in [0, 0.1) is 0 Å². The van der Waals surface area contributed by atoms with E-state index in [2.05, 4.69) is 35.2 Å². The number of fused-ring (bicyclic) bond motifs is 1. The number of hydrogen-bond donors (Lipinski definition) is 0. The number of para-hydroxylation sites is 2. The number of alkyl halides is 1. The van der Waals surface area contributed by atoms with E-state index in [1.165, 1.54) is 5.69 Å². The van der Waals surface area contributed by atoms with Crippen molar-refractivity contribution in [1.82, 2.24) is 0 Å². The summed E-state index contributed by atoms with van der Waals surface area (Å²) in [5.74, 6) is 1.52. The van der Waals surface area contributed by atoms with Gasteiger partial charge in [0.2, 0.25) is 0 Å². The van der Waals surface area contributed by atoms with Crippen molar-refractivity contribution < 1.29 is 4.74 Å². The van der Waals surface area contributed by atoms with Crippen molar-refractivity contribution in [1.29, 1.82) is 0 Å². The topological polar surface area (TPSA) is 12.5 Å². The molecule has 0 N–H and O–H groups in total. The van der Waals surface area contributed by atoms with Gasteiger partial charge in [0.05, 0.1) is 12.3 Å². The van der Waals surface area contributed by atoms with Crippen LogP contribution in [0.4, 0.5) is 11.4 Å². The molecule has 0 bridgehead atoms. The van der Waals surface area contributed by atoms with Crippen LogP contribution in [0.3, 0.4) is 0 Å². The van der Waals surface area contributed by atoms with E-state index >= 15 is 0 Å². The molecular weight excluding hydrogens is 258 g/mol.